The summed E-state index contributed by atoms with van der Waals surface area (Å²) in [6.07, 6.45) is 2.28. The fourth-order valence-electron chi connectivity index (χ4n) is 1.18. The molecule has 1 N–H and O–H groups in total. The first-order valence-corrected chi connectivity index (χ1v) is 5.02. The van der Waals surface area contributed by atoms with E-state index in [4.69, 9.17) is 11.6 Å². The summed E-state index contributed by atoms with van der Waals surface area (Å²) in [4.78, 5) is 17.5. The van der Waals surface area contributed by atoms with E-state index in [9.17, 15) is 10.1 Å². The van der Waals surface area contributed by atoms with E-state index in [0.29, 0.717) is 10.7 Å². The zero-order valence-electron chi connectivity index (χ0n) is 8.50. The quantitative estimate of drug-likeness (QED) is 0.669. The molecule has 17 heavy (non-hydrogen) atoms. The van der Waals surface area contributed by atoms with Crippen LogP contribution in [0, 0.1) is 10.1 Å². The van der Waals surface area contributed by atoms with Gasteiger partial charge >= 0.3 is 5.69 Å². The van der Waals surface area contributed by atoms with Crippen LogP contribution in [0.3, 0.4) is 0 Å². The molecule has 0 bridgehead atoms. The van der Waals surface area contributed by atoms with Crippen molar-refractivity contribution in [1.29, 1.82) is 0 Å². The van der Waals surface area contributed by atoms with Gasteiger partial charge in [-0.3, -0.25) is 10.1 Å². The van der Waals surface area contributed by atoms with Crippen molar-refractivity contribution in [2.24, 2.45) is 0 Å². The molecule has 1 heterocycles. The van der Waals surface area contributed by atoms with E-state index >= 15 is 0 Å². The molecule has 0 atom stereocenters. The van der Waals surface area contributed by atoms with Crippen LogP contribution in [0.1, 0.15) is 0 Å². The number of hydrogen-bond acceptors (Lipinski definition) is 5. The fourth-order valence-corrected chi connectivity index (χ4v) is 1.37. The Balaban J connectivity index is 2.16. The Morgan fingerprint density at radius 3 is 2.59 bits per heavy atom. The number of nitro groups is 1. The molecule has 0 radical (unpaired) electrons. The second-order valence-corrected chi connectivity index (χ2v) is 3.59. The van der Waals surface area contributed by atoms with Crippen LogP contribution in [0.2, 0.25) is 5.02 Å². The van der Waals surface area contributed by atoms with Gasteiger partial charge in [0.2, 0.25) is 5.95 Å². The van der Waals surface area contributed by atoms with Crippen LogP contribution in [0.4, 0.5) is 17.3 Å². The van der Waals surface area contributed by atoms with Gasteiger partial charge in [-0.15, -0.1) is 0 Å². The summed E-state index contributed by atoms with van der Waals surface area (Å²) < 4.78 is 0. The summed E-state index contributed by atoms with van der Waals surface area (Å²) in [5.41, 5.74) is 0.563. The van der Waals surface area contributed by atoms with Crippen molar-refractivity contribution in [3.63, 3.8) is 0 Å². The Morgan fingerprint density at radius 2 is 2.00 bits per heavy atom. The number of anilines is 2. The van der Waals surface area contributed by atoms with Crippen LogP contribution < -0.4 is 5.32 Å². The number of nitrogens with one attached hydrogen (secondary N) is 1. The second-order valence-electron chi connectivity index (χ2n) is 3.16. The minimum atomic E-state index is -0.552. The average molecular weight is 251 g/mol. The predicted octanol–water partition coefficient (Wildman–Crippen LogP) is 2.78. The molecule has 2 rings (SSSR count). The Hall–Kier alpha value is -2.21. The molecular formula is C10H7ClN4O2. The minimum absolute atomic E-state index is 0.151. The van der Waals surface area contributed by atoms with Gasteiger partial charge < -0.3 is 5.32 Å². The van der Waals surface area contributed by atoms with Gasteiger partial charge in [0, 0.05) is 10.7 Å². The van der Waals surface area contributed by atoms with E-state index in [-0.39, 0.29) is 11.6 Å². The lowest BCUT2D eigenvalue weighted by Gasteiger charge is -2.03. The van der Waals surface area contributed by atoms with Gasteiger partial charge in [-0.2, -0.15) is 0 Å². The van der Waals surface area contributed by atoms with Crippen molar-refractivity contribution in [3.05, 3.63) is 51.8 Å². The van der Waals surface area contributed by atoms with E-state index in [1.54, 1.807) is 24.3 Å². The molecule has 1 aromatic carbocycles. The number of rotatable bonds is 3. The highest BCUT2D eigenvalue weighted by Gasteiger charge is 2.06. The van der Waals surface area contributed by atoms with E-state index in [1.165, 1.54) is 0 Å². The standard InChI is InChI=1S/C10H7ClN4O2/c11-7-2-1-3-8(4-7)14-10-12-5-9(6-13-10)15(16)17/h1-6H,(H,12,13,14). The summed E-state index contributed by atoms with van der Waals surface area (Å²) in [6, 6.07) is 7.00. The lowest BCUT2D eigenvalue weighted by Crippen LogP contribution is -1.98. The highest BCUT2D eigenvalue weighted by Crippen LogP contribution is 2.18. The van der Waals surface area contributed by atoms with Gasteiger partial charge in [-0.1, -0.05) is 17.7 Å². The lowest BCUT2D eigenvalue weighted by molar-refractivity contribution is -0.385. The normalized spacial score (nSPS) is 9.94. The van der Waals surface area contributed by atoms with Crippen LogP contribution in [-0.2, 0) is 0 Å². The molecule has 0 aliphatic rings. The van der Waals surface area contributed by atoms with Crippen LogP contribution in [0.5, 0.6) is 0 Å². The topological polar surface area (TPSA) is 81.0 Å². The third kappa shape index (κ3) is 2.88. The SMILES string of the molecule is O=[N+]([O-])c1cnc(Nc2cccc(Cl)c2)nc1. The molecule has 0 saturated heterocycles. The number of aromatic nitrogens is 2. The van der Waals surface area contributed by atoms with E-state index in [0.717, 1.165) is 12.4 Å². The largest absolute Gasteiger partial charge is 0.324 e. The smallest absolute Gasteiger partial charge is 0.305 e. The maximum Gasteiger partial charge on any atom is 0.305 e. The van der Waals surface area contributed by atoms with Crippen molar-refractivity contribution in [1.82, 2.24) is 9.97 Å². The number of halogens is 1. The van der Waals surface area contributed by atoms with Crippen molar-refractivity contribution in [2.75, 3.05) is 5.32 Å². The molecule has 0 aliphatic heterocycles. The van der Waals surface area contributed by atoms with Gasteiger partial charge in [0.05, 0.1) is 4.92 Å². The third-order valence-electron chi connectivity index (χ3n) is 1.93. The van der Waals surface area contributed by atoms with Gasteiger partial charge in [0.25, 0.3) is 0 Å². The van der Waals surface area contributed by atoms with Crippen LogP contribution in [0.25, 0.3) is 0 Å². The number of benzene rings is 1. The van der Waals surface area contributed by atoms with Crippen LogP contribution in [-0.4, -0.2) is 14.9 Å². The summed E-state index contributed by atoms with van der Waals surface area (Å²) in [6.45, 7) is 0. The molecule has 0 fully saturated rings. The first-order chi connectivity index (χ1) is 8.15. The van der Waals surface area contributed by atoms with E-state index in [1.807, 2.05) is 0 Å². The molecule has 0 spiro atoms. The summed E-state index contributed by atoms with van der Waals surface area (Å²) in [5.74, 6) is 0.276. The fraction of sp³-hybridized carbons (Fsp3) is 0. The molecule has 0 amide bonds. The molecule has 0 unspecified atom stereocenters. The highest BCUT2D eigenvalue weighted by molar-refractivity contribution is 6.30. The summed E-state index contributed by atoms with van der Waals surface area (Å²) in [5, 5.41) is 13.9. The number of nitrogens with zero attached hydrogens (tertiary/aromatic N) is 3. The molecule has 6 nitrogen and oxygen atoms in total. The molecule has 1 aromatic heterocycles. The molecule has 86 valence electrons. The van der Waals surface area contributed by atoms with Crippen molar-refractivity contribution < 1.29 is 4.92 Å². The number of hydrogen-bond donors (Lipinski definition) is 1. The van der Waals surface area contributed by atoms with Crippen LogP contribution >= 0.6 is 11.6 Å². The Morgan fingerprint density at radius 1 is 1.29 bits per heavy atom. The molecule has 2 aromatic rings. The molecule has 0 saturated carbocycles. The Kier molecular flexibility index (Phi) is 3.15. The first kappa shape index (κ1) is 11.3. The van der Waals surface area contributed by atoms with Gasteiger partial charge in [-0.25, -0.2) is 9.97 Å². The zero-order chi connectivity index (χ0) is 12.3. The van der Waals surface area contributed by atoms with E-state index in [2.05, 4.69) is 15.3 Å². The first-order valence-electron chi connectivity index (χ1n) is 4.64. The predicted molar refractivity (Wildman–Crippen MR) is 63.4 cm³/mol. The van der Waals surface area contributed by atoms with Crippen molar-refractivity contribution in [3.8, 4) is 0 Å². The molecular weight excluding hydrogens is 244 g/mol. The Labute approximate surface area is 101 Å². The van der Waals surface area contributed by atoms with Gasteiger partial charge in [0.15, 0.2) is 0 Å². The summed E-state index contributed by atoms with van der Waals surface area (Å²) in [7, 11) is 0. The molecule has 0 aliphatic carbocycles. The monoisotopic (exact) mass is 250 g/mol. The van der Waals surface area contributed by atoms with Crippen molar-refractivity contribution >= 4 is 28.9 Å². The maximum atomic E-state index is 10.4. The third-order valence-corrected chi connectivity index (χ3v) is 2.16. The van der Waals surface area contributed by atoms with E-state index < -0.39 is 4.92 Å². The zero-order valence-corrected chi connectivity index (χ0v) is 9.26. The lowest BCUT2D eigenvalue weighted by atomic mass is 10.3. The minimum Gasteiger partial charge on any atom is -0.324 e. The second kappa shape index (κ2) is 4.75. The maximum absolute atomic E-state index is 10.4. The highest BCUT2D eigenvalue weighted by atomic mass is 35.5. The molecule has 7 heteroatoms. The summed E-state index contributed by atoms with van der Waals surface area (Å²) >= 11 is 5.81. The van der Waals surface area contributed by atoms with Crippen molar-refractivity contribution in [2.45, 2.75) is 0 Å². The average Bonchev–Trinajstić information content (AvgIpc) is 2.29. The Bertz CT molecular complexity index is 544. The van der Waals surface area contributed by atoms with Crippen LogP contribution in [0.15, 0.2) is 36.7 Å². The van der Waals surface area contributed by atoms with Gasteiger partial charge in [-0.05, 0) is 18.2 Å². The van der Waals surface area contributed by atoms with Gasteiger partial charge in [0.1, 0.15) is 12.4 Å².